The summed E-state index contributed by atoms with van der Waals surface area (Å²) >= 11 is 12.1. The third-order valence-electron chi connectivity index (χ3n) is 3.57. The molecule has 0 saturated heterocycles. The summed E-state index contributed by atoms with van der Waals surface area (Å²) in [4.78, 5) is 26.1. The van der Waals surface area contributed by atoms with E-state index < -0.39 is 6.04 Å². The lowest BCUT2D eigenvalue weighted by molar-refractivity contribution is -0.132. The van der Waals surface area contributed by atoms with Gasteiger partial charge in [0.15, 0.2) is 0 Å². The van der Waals surface area contributed by atoms with Crippen LogP contribution in [0.5, 0.6) is 0 Å². The van der Waals surface area contributed by atoms with Crippen molar-refractivity contribution in [3.63, 3.8) is 0 Å². The maximum Gasteiger partial charge on any atom is 0.251 e. The Morgan fingerprint density at radius 3 is 2.42 bits per heavy atom. The first-order chi connectivity index (χ1) is 11.4. The summed E-state index contributed by atoms with van der Waals surface area (Å²) in [5.74, 6) is -0.499. The molecule has 0 aliphatic carbocycles. The lowest BCUT2D eigenvalue weighted by Gasteiger charge is -2.23. The zero-order valence-corrected chi connectivity index (χ0v) is 14.9. The molecule has 2 rings (SSSR count). The first-order valence-electron chi connectivity index (χ1n) is 7.44. The van der Waals surface area contributed by atoms with Crippen LogP contribution in [0.2, 0.25) is 10.0 Å². The van der Waals surface area contributed by atoms with E-state index in [-0.39, 0.29) is 11.8 Å². The normalized spacial score (nSPS) is 11.7. The van der Waals surface area contributed by atoms with E-state index in [2.05, 4.69) is 5.32 Å². The molecule has 2 amide bonds. The van der Waals surface area contributed by atoms with Crippen molar-refractivity contribution >= 4 is 35.0 Å². The molecule has 126 valence electrons. The fourth-order valence-corrected chi connectivity index (χ4v) is 2.65. The lowest BCUT2D eigenvalue weighted by atomic mass is 10.1. The van der Waals surface area contributed by atoms with Crippen LogP contribution in [-0.2, 0) is 11.3 Å². The van der Waals surface area contributed by atoms with Gasteiger partial charge in [0.2, 0.25) is 5.91 Å². The van der Waals surface area contributed by atoms with Crippen LogP contribution in [0, 0.1) is 0 Å². The quantitative estimate of drug-likeness (QED) is 0.877. The number of nitrogens with zero attached hydrogens (tertiary/aromatic N) is 1. The number of rotatable bonds is 5. The predicted octanol–water partition coefficient (Wildman–Crippen LogP) is 3.77. The van der Waals surface area contributed by atoms with Gasteiger partial charge in [-0.1, -0.05) is 53.5 Å². The summed E-state index contributed by atoms with van der Waals surface area (Å²) in [5.41, 5.74) is 1.26. The fourth-order valence-electron chi connectivity index (χ4n) is 2.27. The standard InChI is InChI=1S/C18H18Cl2N2O2/c1-12(21-17(23)13-7-4-3-5-8-13)18(24)22(2)11-14-9-6-10-15(19)16(14)20/h3-10,12H,11H2,1-2H3,(H,21,23)/t12-/m0/s1. The van der Waals surface area contributed by atoms with Gasteiger partial charge in [0.25, 0.3) is 5.91 Å². The molecule has 0 aliphatic rings. The molecule has 0 radical (unpaired) electrons. The number of hydrogen-bond donors (Lipinski definition) is 1. The van der Waals surface area contributed by atoms with Crippen LogP contribution in [-0.4, -0.2) is 29.8 Å². The lowest BCUT2D eigenvalue weighted by Crippen LogP contribution is -2.45. The maximum absolute atomic E-state index is 12.4. The Morgan fingerprint density at radius 1 is 1.08 bits per heavy atom. The van der Waals surface area contributed by atoms with Gasteiger partial charge < -0.3 is 10.2 Å². The third-order valence-corrected chi connectivity index (χ3v) is 4.43. The van der Waals surface area contributed by atoms with Crippen molar-refractivity contribution in [3.05, 3.63) is 69.7 Å². The third kappa shape index (κ3) is 4.49. The molecule has 0 aromatic heterocycles. The van der Waals surface area contributed by atoms with Crippen LogP contribution in [0.4, 0.5) is 0 Å². The van der Waals surface area contributed by atoms with E-state index in [1.54, 1.807) is 50.4 Å². The van der Waals surface area contributed by atoms with Gasteiger partial charge in [-0.15, -0.1) is 0 Å². The van der Waals surface area contributed by atoms with E-state index in [4.69, 9.17) is 23.2 Å². The Bertz CT molecular complexity index is 735. The molecular formula is C18H18Cl2N2O2. The van der Waals surface area contributed by atoms with Gasteiger partial charge in [-0.3, -0.25) is 9.59 Å². The van der Waals surface area contributed by atoms with Crippen LogP contribution in [0.25, 0.3) is 0 Å². The average Bonchev–Trinajstić information content (AvgIpc) is 2.58. The minimum Gasteiger partial charge on any atom is -0.341 e. The number of benzene rings is 2. The van der Waals surface area contributed by atoms with E-state index in [0.717, 1.165) is 5.56 Å². The maximum atomic E-state index is 12.4. The van der Waals surface area contributed by atoms with E-state index >= 15 is 0 Å². The number of carbonyl (C=O) groups excluding carboxylic acids is 2. The average molecular weight is 365 g/mol. The van der Waals surface area contributed by atoms with Crippen molar-refractivity contribution in [2.45, 2.75) is 19.5 Å². The topological polar surface area (TPSA) is 49.4 Å². The van der Waals surface area contributed by atoms with Crippen molar-refractivity contribution in [2.24, 2.45) is 0 Å². The molecule has 1 atom stereocenters. The van der Waals surface area contributed by atoms with E-state index in [9.17, 15) is 9.59 Å². The van der Waals surface area contributed by atoms with Crippen molar-refractivity contribution in [1.29, 1.82) is 0 Å². The van der Waals surface area contributed by atoms with Crippen molar-refractivity contribution in [1.82, 2.24) is 10.2 Å². The van der Waals surface area contributed by atoms with Gasteiger partial charge in [-0.25, -0.2) is 0 Å². The summed E-state index contributed by atoms with van der Waals surface area (Å²) in [6.07, 6.45) is 0. The fraction of sp³-hybridized carbons (Fsp3) is 0.222. The number of hydrogen-bond acceptors (Lipinski definition) is 2. The van der Waals surface area contributed by atoms with Gasteiger partial charge in [-0.05, 0) is 30.7 Å². The van der Waals surface area contributed by atoms with Gasteiger partial charge in [-0.2, -0.15) is 0 Å². The summed E-state index contributed by atoms with van der Waals surface area (Å²) in [6.45, 7) is 1.96. The Hall–Kier alpha value is -2.04. The second kappa shape index (κ2) is 8.18. The highest BCUT2D eigenvalue weighted by molar-refractivity contribution is 6.42. The second-order valence-electron chi connectivity index (χ2n) is 5.47. The minimum atomic E-state index is -0.652. The molecule has 2 aromatic carbocycles. The monoisotopic (exact) mass is 364 g/mol. The largest absolute Gasteiger partial charge is 0.341 e. The first-order valence-corrected chi connectivity index (χ1v) is 8.19. The number of halogens is 2. The molecular weight excluding hydrogens is 347 g/mol. The van der Waals surface area contributed by atoms with Crippen molar-refractivity contribution in [2.75, 3.05) is 7.05 Å². The smallest absolute Gasteiger partial charge is 0.251 e. The Balaban J connectivity index is 1.99. The Morgan fingerprint density at radius 2 is 1.75 bits per heavy atom. The molecule has 0 aliphatic heterocycles. The molecule has 0 saturated carbocycles. The van der Waals surface area contributed by atoms with Crippen molar-refractivity contribution < 1.29 is 9.59 Å². The highest BCUT2D eigenvalue weighted by atomic mass is 35.5. The summed E-state index contributed by atoms with van der Waals surface area (Å²) in [5, 5.41) is 3.57. The molecule has 0 fully saturated rings. The van der Waals surface area contributed by atoms with Crippen molar-refractivity contribution in [3.8, 4) is 0 Å². The number of nitrogens with one attached hydrogen (secondary N) is 1. The van der Waals surface area contributed by atoms with Crippen LogP contribution in [0.1, 0.15) is 22.8 Å². The molecule has 0 heterocycles. The zero-order valence-electron chi connectivity index (χ0n) is 13.4. The summed E-state index contributed by atoms with van der Waals surface area (Å²) in [6, 6.07) is 13.4. The zero-order chi connectivity index (χ0) is 17.7. The van der Waals surface area contributed by atoms with E-state index in [1.807, 2.05) is 12.1 Å². The predicted molar refractivity (Wildman–Crippen MR) is 96.3 cm³/mol. The summed E-state index contributed by atoms with van der Waals surface area (Å²) < 4.78 is 0. The second-order valence-corrected chi connectivity index (χ2v) is 6.25. The Kier molecular flexibility index (Phi) is 6.23. The Labute approximate surface area is 151 Å². The van der Waals surface area contributed by atoms with E-state index in [0.29, 0.717) is 22.2 Å². The molecule has 2 aromatic rings. The molecule has 0 bridgehead atoms. The molecule has 0 unspecified atom stereocenters. The van der Waals surface area contributed by atoms with Crippen LogP contribution in [0.15, 0.2) is 48.5 Å². The van der Waals surface area contributed by atoms with Crippen LogP contribution in [0.3, 0.4) is 0 Å². The molecule has 24 heavy (non-hydrogen) atoms. The summed E-state index contributed by atoms with van der Waals surface area (Å²) in [7, 11) is 1.66. The number of carbonyl (C=O) groups is 2. The number of likely N-dealkylation sites (N-methyl/N-ethyl adjacent to an activating group) is 1. The highest BCUT2D eigenvalue weighted by Crippen LogP contribution is 2.26. The molecule has 1 N–H and O–H groups in total. The van der Waals surface area contributed by atoms with Gasteiger partial charge in [0.05, 0.1) is 10.0 Å². The van der Waals surface area contributed by atoms with Gasteiger partial charge in [0, 0.05) is 19.2 Å². The van der Waals surface area contributed by atoms with E-state index in [1.165, 1.54) is 4.90 Å². The number of amides is 2. The molecule has 4 nitrogen and oxygen atoms in total. The SMILES string of the molecule is C[C@H](NC(=O)c1ccccc1)C(=O)N(C)Cc1cccc(Cl)c1Cl. The van der Waals surface area contributed by atoms with Gasteiger partial charge in [0.1, 0.15) is 6.04 Å². The molecule has 0 spiro atoms. The van der Waals surface area contributed by atoms with Crippen LogP contribution < -0.4 is 5.32 Å². The van der Waals surface area contributed by atoms with Crippen LogP contribution >= 0.6 is 23.2 Å². The first kappa shape index (κ1) is 18.3. The van der Waals surface area contributed by atoms with Gasteiger partial charge >= 0.3 is 0 Å². The molecule has 6 heteroatoms. The highest BCUT2D eigenvalue weighted by Gasteiger charge is 2.21. The minimum absolute atomic E-state index is 0.213.